The molecule has 0 atom stereocenters. The lowest BCUT2D eigenvalue weighted by molar-refractivity contribution is -0.386. The molecule has 1 fully saturated rings. The van der Waals surface area contributed by atoms with Crippen molar-refractivity contribution in [3.8, 4) is 5.75 Å². The molecule has 0 unspecified atom stereocenters. The van der Waals surface area contributed by atoms with Crippen LogP contribution in [0.5, 0.6) is 5.75 Å². The maximum atomic E-state index is 12.8. The molecule has 4 rings (SSSR count). The standard InChI is InChI=1S/C20H20N4O7S/c25-24(26)17-13-16(32(27,28)23-8-10-29-11-9-23)6-7-18(17)30-14-20-22-21-19(31-20)12-15-4-2-1-3-5-15/h1-7,13H,8-12,14H2. The van der Waals surface area contributed by atoms with Crippen LogP contribution in [-0.4, -0.2) is 54.1 Å². The van der Waals surface area contributed by atoms with Crippen molar-refractivity contribution in [2.24, 2.45) is 0 Å². The van der Waals surface area contributed by atoms with Crippen molar-refractivity contribution >= 4 is 15.7 Å². The lowest BCUT2D eigenvalue weighted by Gasteiger charge is -2.26. The van der Waals surface area contributed by atoms with E-state index in [0.717, 1.165) is 11.6 Å². The minimum absolute atomic E-state index is 0.0984. The highest BCUT2D eigenvalue weighted by atomic mass is 32.2. The summed E-state index contributed by atoms with van der Waals surface area (Å²) >= 11 is 0. The predicted octanol–water partition coefficient (Wildman–Crippen LogP) is 2.17. The zero-order valence-electron chi connectivity index (χ0n) is 16.9. The Balaban J connectivity index is 1.47. The zero-order chi connectivity index (χ0) is 22.6. The Morgan fingerprint density at radius 1 is 1.06 bits per heavy atom. The monoisotopic (exact) mass is 460 g/mol. The van der Waals surface area contributed by atoms with Gasteiger partial charge in [0.05, 0.1) is 29.5 Å². The van der Waals surface area contributed by atoms with Gasteiger partial charge in [-0.25, -0.2) is 8.42 Å². The molecule has 1 saturated heterocycles. The number of rotatable bonds is 8. The van der Waals surface area contributed by atoms with Crippen molar-refractivity contribution in [3.05, 3.63) is 76.0 Å². The maximum absolute atomic E-state index is 12.8. The summed E-state index contributed by atoms with van der Waals surface area (Å²) in [5, 5.41) is 19.4. The molecule has 32 heavy (non-hydrogen) atoms. The van der Waals surface area contributed by atoms with Gasteiger partial charge in [0.15, 0.2) is 12.4 Å². The summed E-state index contributed by atoms with van der Waals surface area (Å²) in [6, 6.07) is 13.1. The van der Waals surface area contributed by atoms with Crippen LogP contribution in [0.3, 0.4) is 0 Å². The van der Waals surface area contributed by atoms with E-state index in [2.05, 4.69) is 10.2 Å². The molecule has 0 radical (unpaired) electrons. The van der Waals surface area contributed by atoms with Gasteiger partial charge in [0.2, 0.25) is 15.9 Å². The van der Waals surface area contributed by atoms with Gasteiger partial charge in [0.1, 0.15) is 0 Å². The first-order chi connectivity index (χ1) is 15.4. The molecule has 0 spiro atoms. The topological polar surface area (TPSA) is 138 Å². The molecule has 0 saturated carbocycles. The molecule has 1 aliphatic rings. The normalized spacial score (nSPS) is 14.9. The number of sulfonamides is 1. The third-order valence-corrected chi connectivity index (χ3v) is 6.69. The molecule has 0 bridgehead atoms. The molecule has 12 heteroatoms. The number of morpholine rings is 1. The van der Waals surface area contributed by atoms with Crippen LogP contribution in [0.4, 0.5) is 5.69 Å². The molecule has 0 aliphatic carbocycles. The van der Waals surface area contributed by atoms with Crippen LogP contribution in [0.1, 0.15) is 17.3 Å². The molecular formula is C20H20N4O7S. The lowest BCUT2D eigenvalue weighted by atomic mass is 10.2. The first-order valence-corrected chi connectivity index (χ1v) is 11.2. The van der Waals surface area contributed by atoms with Gasteiger partial charge in [-0.3, -0.25) is 10.1 Å². The largest absolute Gasteiger partial charge is 0.477 e. The fourth-order valence-electron chi connectivity index (χ4n) is 3.19. The molecule has 3 aromatic rings. The van der Waals surface area contributed by atoms with E-state index in [1.165, 1.54) is 16.4 Å². The smallest absolute Gasteiger partial charge is 0.312 e. The highest BCUT2D eigenvalue weighted by molar-refractivity contribution is 7.89. The molecule has 1 aliphatic heterocycles. The van der Waals surface area contributed by atoms with Crippen molar-refractivity contribution in [3.63, 3.8) is 0 Å². The summed E-state index contributed by atoms with van der Waals surface area (Å²) in [5.74, 6) is 0.435. The Morgan fingerprint density at radius 3 is 2.50 bits per heavy atom. The van der Waals surface area contributed by atoms with E-state index in [0.29, 0.717) is 12.3 Å². The second kappa shape index (κ2) is 9.42. The number of benzene rings is 2. The van der Waals surface area contributed by atoms with Crippen LogP contribution in [0, 0.1) is 10.1 Å². The summed E-state index contributed by atoms with van der Waals surface area (Å²) < 4.78 is 43.0. The number of ether oxygens (including phenoxy) is 2. The molecule has 168 valence electrons. The van der Waals surface area contributed by atoms with Crippen molar-refractivity contribution in [2.45, 2.75) is 17.9 Å². The van der Waals surface area contributed by atoms with Crippen LogP contribution in [0.25, 0.3) is 0 Å². The van der Waals surface area contributed by atoms with Crippen LogP contribution >= 0.6 is 0 Å². The van der Waals surface area contributed by atoms with Gasteiger partial charge in [-0.1, -0.05) is 30.3 Å². The molecule has 0 amide bonds. The number of aromatic nitrogens is 2. The average Bonchev–Trinajstić information content (AvgIpc) is 3.26. The van der Waals surface area contributed by atoms with Crippen molar-refractivity contribution in [1.82, 2.24) is 14.5 Å². The lowest BCUT2D eigenvalue weighted by Crippen LogP contribution is -2.40. The van der Waals surface area contributed by atoms with Gasteiger partial charge < -0.3 is 13.9 Å². The first-order valence-electron chi connectivity index (χ1n) is 9.78. The second-order valence-corrected chi connectivity index (χ2v) is 8.88. The molecule has 2 heterocycles. The Kier molecular flexibility index (Phi) is 6.44. The van der Waals surface area contributed by atoms with Crippen LogP contribution in [-0.2, 0) is 27.8 Å². The summed E-state index contributed by atoms with van der Waals surface area (Å²) in [4.78, 5) is 10.7. The SMILES string of the molecule is O=[N+]([O-])c1cc(S(=O)(=O)N2CCOCC2)ccc1OCc1nnc(Cc2ccccc2)o1. The molecule has 0 N–H and O–H groups in total. The predicted molar refractivity (Wildman–Crippen MR) is 111 cm³/mol. The Hall–Kier alpha value is -3.35. The van der Waals surface area contributed by atoms with Crippen LogP contribution in [0.2, 0.25) is 0 Å². The van der Waals surface area contributed by atoms with Gasteiger partial charge >= 0.3 is 5.69 Å². The number of hydrogen-bond donors (Lipinski definition) is 0. The minimum Gasteiger partial charge on any atom is -0.477 e. The highest BCUT2D eigenvalue weighted by Crippen LogP contribution is 2.31. The third kappa shape index (κ3) is 4.93. The fraction of sp³-hybridized carbons (Fsp3) is 0.300. The van der Waals surface area contributed by atoms with E-state index in [1.54, 1.807) is 0 Å². The van der Waals surface area contributed by atoms with E-state index in [9.17, 15) is 18.5 Å². The highest BCUT2D eigenvalue weighted by Gasteiger charge is 2.29. The van der Waals surface area contributed by atoms with Gasteiger partial charge in [0.25, 0.3) is 5.89 Å². The number of nitro groups is 1. The number of hydrogen-bond acceptors (Lipinski definition) is 9. The molecule has 1 aromatic heterocycles. The van der Waals surface area contributed by atoms with E-state index in [-0.39, 0.29) is 49.4 Å². The van der Waals surface area contributed by atoms with Crippen LogP contribution < -0.4 is 4.74 Å². The Bertz CT molecular complexity index is 1190. The van der Waals surface area contributed by atoms with Gasteiger partial charge in [-0.2, -0.15) is 4.31 Å². The zero-order valence-corrected chi connectivity index (χ0v) is 17.7. The molecule has 2 aromatic carbocycles. The first kappa shape index (κ1) is 21.9. The second-order valence-electron chi connectivity index (χ2n) is 6.94. The van der Waals surface area contributed by atoms with Crippen molar-refractivity contribution in [2.75, 3.05) is 26.3 Å². The summed E-state index contributed by atoms with van der Waals surface area (Å²) in [5.41, 5.74) is 0.527. The summed E-state index contributed by atoms with van der Waals surface area (Å²) in [7, 11) is -3.88. The average molecular weight is 460 g/mol. The molecular weight excluding hydrogens is 440 g/mol. The summed E-state index contributed by atoms with van der Waals surface area (Å²) in [6.07, 6.45) is 0.447. The Labute approximate surface area is 183 Å². The van der Waals surface area contributed by atoms with E-state index >= 15 is 0 Å². The van der Waals surface area contributed by atoms with E-state index < -0.39 is 20.6 Å². The van der Waals surface area contributed by atoms with Gasteiger partial charge in [-0.05, 0) is 17.7 Å². The number of nitro benzene ring substituents is 1. The van der Waals surface area contributed by atoms with Crippen LogP contribution in [0.15, 0.2) is 57.8 Å². The van der Waals surface area contributed by atoms with Crippen molar-refractivity contribution < 1.29 is 27.2 Å². The maximum Gasteiger partial charge on any atom is 0.312 e. The fourth-order valence-corrected chi connectivity index (χ4v) is 4.61. The van der Waals surface area contributed by atoms with Crippen molar-refractivity contribution in [1.29, 1.82) is 0 Å². The minimum atomic E-state index is -3.88. The molecule has 11 nitrogen and oxygen atoms in total. The Morgan fingerprint density at radius 2 is 1.78 bits per heavy atom. The number of nitrogens with zero attached hydrogens (tertiary/aromatic N) is 4. The summed E-state index contributed by atoms with van der Waals surface area (Å²) in [6.45, 7) is 0.740. The third-order valence-electron chi connectivity index (χ3n) is 4.79. The van der Waals surface area contributed by atoms with Gasteiger partial charge in [0, 0.05) is 19.2 Å². The van der Waals surface area contributed by atoms with E-state index in [4.69, 9.17) is 13.9 Å². The van der Waals surface area contributed by atoms with Gasteiger partial charge in [-0.15, -0.1) is 10.2 Å². The quantitative estimate of drug-likeness (QED) is 0.365. The van der Waals surface area contributed by atoms with E-state index in [1.807, 2.05) is 30.3 Å².